The highest BCUT2D eigenvalue weighted by Gasteiger charge is 2.27. The van der Waals surface area contributed by atoms with Gasteiger partial charge in [0.05, 0.1) is 10.9 Å². The topological polar surface area (TPSA) is 56.5 Å². The molecule has 132 valence electrons. The molecule has 1 aromatic carbocycles. The lowest BCUT2D eigenvalue weighted by Crippen LogP contribution is -2.36. The third kappa shape index (κ3) is 3.65. The molecule has 0 N–H and O–H groups in total. The summed E-state index contributed by atoms with van der Waals surface area (Å²) in [4.78, 5) is 21.7. The van der Waals surface area contributed by atoms with Crippen LogP contribution in [-0.4, -0.2) is 22.5 Å². The molecule has 2 heterocycles. The van der Waals surface area contributed by atoms with Crippen LogP contribution in [0.2, 0.25) is 0 Å². The van der Waals surface area contributed by atoms with Gasteiger partial charge in [-0.05, 0) is 36.5 Å². The van der Waals surface area contributed by atoms with Gasteiger partial charge in [-0.25, -0.2) is 4.98 Å². The van der Waals surface area contributed by atoms with Crippen molar-refractivity contribution in [3.63, 3.8) is 0 Å². The van der Waals surface area contributed by atoms with Gasteiger partial charge in [0.25, 0.3) is 5.56 Å². The number of hydrogen-bond acceptors (Lipinski definition) is 4. The molecule has 1 aliphatic rings. The number of fused-ring (bicyclic) bond motifs is 2. The molecule has 0 bridgehead atoms. The van der Waals surface area contributed by atoms with Crippen LogP contribution < -0.4 is 10.3 Å². The van der Waals surface area contributed by atoms with Crippen LogP contribution in [0.25, 0.3) is 10.9 Å². The van der Waals surface area contributed by atoms with Crippen LogP contribution in [0.5, 0.6) is 5.75 Å². The van der Waals surface area contributed by atoms with Gasteiger partial charge in [0.1, 0.15) is 11.6 Å². The maximum absolute atomic E-state index is 12.8. The molecule has 5 heteroatoms. The van der Waals surface area contributed by atoms with Crippen LogP contribution in [0.4, 0.5) is 0 Å². The van der Waals surface area contributed by atoms with Gasteiger partial charge >= 0.3 is 0 Å². The molecule has 2 aromatic rings. The highest BCUT2D eigenvalue weighted by Crippen LogP contribution is 2.29. The zero-order valence-electron chi connectivity index (χ0n) is 15.4. The minimum Gasteiger partial charge on any atom is -0.439 e. The number of ether oxygens (including phenoxy) is 1. The minimum atomic E-state index is 0.0367. The quantitative estimate of drug-likeness (QED) is 0.632. The Bertz CT molecular complexity index is 907. The lowest BCUT2D eigenvalue weighted by molar-refractivity contribution is 0.240. The third-order valence-corrected chi connectivity index (χ3v) is 4.56. The Morgan fingerprint density at radius 1 is 1.44 bits per heavy atom. The summed E-state index contributed by atoms with van der Waals surface area (Å²) in [6, 6.07) is 5.42. The van der Waals surface area contributed by atoms with Crippen molar-refractivity contribution in [3.8, 4) is 5.75 Å². The monoisotopic (exact) mass is 339 g/mol. The molecule has 0 radical (unpaired) electrons. The molecule has 0 aliphatic carbocycles. The number of rotatable bonds is 3. The molecule has 0 spiro atoms. The summed E-state index contributed by atoms with van der Waals surface area (Å²) in [5.41, 5.74) is 0.853. The second-order valence-electron chi connectivity index (χ2n) is 7.24. The second-order valence-corrected chi connectivity index (χ2v) is 7.24. The van der Waals surface area contributed by atoms with Gasteiger partial charge < -0.3 is 4.74 Å². The molecule has 3 rings (SSSR count). The Morgan fingerprint density at radius 3 is 2.96 bits per heavy atom. The van der Waals surface area contributed by atoms with Crippen molar-refractivity contribution in [3.05, 3.63) is 46.5 Å². The largest absolute Gasteiger partial charge is 0.439 e. The fourth-order valence-corrected chi connectivity index (χ4v) is 3.12. The first-order valence-corrected chi connectivity index (χ1v) is 8.78. The molecule has 1 aromatic heterocycles. The number of allylic oxidation sites excluding steroid dienone is 1. The maximum Gasteiger partial charge on any atom is 0.261 e. The summed E-state index contributed by atoms with van der Waals surface area (Å²) < 4.78 is 7.63. The molecule has 0 unspecified atom stereocenters. The smallest absolute Gasteiger partial charge is 0.261 e. The van der Waals surface area contributed by atoms with Crippen molar-refractivity contribution < 1.29 is 4.74 Å². The molecule has 5 nitrogen and oxygen atoms in total. The van der Waals surface area contributed by atoms with E-state index in [2.05, 4.69) is 25.8 Å². The van der Waals surface area contributed by atoms with E-state index in [1.165, 1.54) is 0 Å². The number of benzene rings is 1. The van der Waals surface area contributed by atoms with Crippen LogP contribution in [0.3, 0.4) is 0 Å². The minimum absolute atomic E-state index is 0.0367. The van der Waals surface area contributed by atoms with Crippen molar-refractivity contribution >= 4 is 16.8 Å². The SMILES string of the molecule is CC/C=C\C(=NC)Oc1ccc2c(=O)n3c(nc2c1)CCC(C)(C)C3. The molecular weight excluding hydrogens is 314 g/mol. The first kappa shape index (κ1) is 17.4. The lowest BCUT2D eigenvalue weighted by Gasteiger charge is -2.31. The Morgan fingerprint density at radius 2 is 2.24 bits per heavy atom. The van der Waals surface area contributed by atoms with Crippen molar-refractivity contribution in [2.24, 2.45) is 10.4 Å². The number of aryl methyl sites for hydroxylation is 1. The van der Waals surface area contributed by atoms with Gasteiger partial charge in [-0.1, -0.05) is 26.8 Å². The highest BCUT2D eigenvalue weighted by atomic mass is 16.5. The molecule has 1 aliphatic heterocycles. The number of aliphatic imine (C=N–C) groups is 1. The van der Waals surface area contributed by atoms with E-state index in [0.29, 0.717) is 22.6 Å². The summed E-state index contributed by atoms with van der Waals surface area (Å²) in [6.45, 7) is 7.16. The Labute approximate surface area is 148 Å². The van der Waals surface area contributed by atoms with E-state index in [4.69, 9.17) is 9.72 Å². The summed E-state index contributed by atoms with van der Waals surface area (Å²) >= 11 is 0. The van der Waals surface area contributed by atoms with Crippen molar-refractivity contribution in [1.82, 2.24) is 9.55 Å². The average Bonchev–Trinajstić information content (AvgIpc) is 2.59. The van der Waals surface area contributed by atoms with Crippen molar-refractivity contribution in [2.75, 3.05) is 7.05 Å². The van der Waals surface area contributed by atoms with Gasteiger partial charge in [0.15, 0.2) is 0 Å². The molecule has 0 fully saturated rings. The summed E-state index contributed by atoms with van der Waals surface area (Å²) in [7, 11) is 1.69. The molecule has 0 saturated carbocycles. The number of nitrogens with zero attached hydrogens (tertiary/aromatic N) is 3. The fourth-order valence-electron chi connectivity index (χ4n) is 3.12. The summed E-state index contributed by atoms with van der Waals surface area (Å²) in [5, 5.41) is 0.632. The van der Waals surface area contributed by atoms with Crippen LogP contribution in [0, 0.1) is 5.41 Å². The predicted molar refractivity (Wildman–Crippen MR) is 102 cm³/mol. The van der Waals surface area contributed by atoms with Crippen LogP contribution in [-0.2, 0) is 13.0 Å². The molecular formula is C20H25N3O2. The van der Waals surface area contributed by atoms with Crippen molar-refractivity contribution in [2.45, 2.75) is 46.6 Å². The van der Waals surface area contributed by atoms with E-state index in [-0.39, 0.29) is 11.0 Å². The zero-order chi connectivity index (χ0) is 18.0. The summed E-state index contributed by atoms with van der Waals surface area (Å²) in [6.07, 6.45) is 6.62. The van der Waals surface area contributed by atoms with Crippen LogP contribution >= 0.6 is 0 Å². The van der Waals surface area contributed by atoms with Gasteiger partial charge in [0.2, 0.25) is 5.90 Å². The standard InChI is InChI=1S/C20H25N3O2/c1-5-6-7-18(21-4)25-14-8-9-15-16(12-14)22-17-10-11-20(2,3)13-23(17)19(15)24/h6-9,12H,5,10-11,13H2,1-4H3/b7-6-,21-18?. The molecule has 25 heavy (non-hydrogen) atoms. The molecule has 0 amide bonds. The van der Waals surface area contributed by atoms with Gasteiger partial charge in [-0.15, -0.1) is 0 Å². The normalized spacial score (nSPS) is 17.0. The Balaban J connectivity index is 1.99. The highest BCUT2D eigenvalue weighted by molar-refractivity contribution is 5.90. The molecule has 0 saturated heterocycles. The third-order valence-electron chi connectivity index (χ3n) is 4.56. The Hall–Kier alpha value is -2.43. The first-order valence-electron chi connectivity index (χ1n) is 8.78. The Kier molecular flexibility index (Phi) is 4.75. The van der Waals surface area contributed by atoms with E-state index >= 15 is 0 Å². The summed E-state index contributed by atoms with van der Waals surface area (Å²) in [5.74, 6) is 2.05. The second kappa shape index (κ2) is 6.82. The fraction of sp³-hybridized carbons (Fsp3) is 0.450. The first-order chi connectivity index (χ1) is 11.9. The molecule has 0 atom stereocenters. The van der Waals surface area contributed by atoms with Gasteiger partial charge in [-0.2, -0.15) is 0 Å². The van der Waals surface area contributed by atoms with E-state index < -0.39 is 0 Å². The van der Waals surface area contributed by atoms with E-state index in [9.17, 15) is 4.79 Å². The van der Waals surface area contributed by atoms with E-state index in [0.717, 1.165) is 31.6 Å². The van der Waals surface area contributed by atoms with Gasteiger partial charge in [-0.3, -0.25) is 14.4 Å². The van der Waals surface area contributed by atoms with Crippen LogP contribution in [0.1, 0.15) is 39.4 Å². The predicted octanol–water partition coefficient (Wildman–Crippen LogP) is 3.74. The number of aromatic nitrogens is 2. The van der Waals surface area contributed by atoms with Crippen molar-refractivity contribution in [1.29, 1.82) is 0 Å². The van der Waals surface area contributed by atoms with Gasteiger partial charge in [0, 0.05) is 26.1 Å². The average molecular weight is 339 g/mol. The maximum atomic E-state index is 12.8. The van der Waals surface area contributed by atoms with E-state index in [1.807, 2.05) is 22.8 Å². The number of hydrogen-bond donors (Lipinski definition) is 0. The lowest BCUT2D eigenvalue weighted by atomic mass is 9.85. The zero-order valence-corrected chi connectivity index (χ0v) is 15.4. The van der Waals surface area contributed by atoms with E-state index in [1.54, 1.807) is 19.2 Å². The van der Waals surface area contributed by atoms with Crippen LogP contribution in [0.15, 0.2) is 40.1 Å².